The van der Waals surface area contributed by atoms with Gasteiger partial charge in [-0.1, -0.05) is 36.4 Å². The van der Waals surface area contributed by atoms with Gasteiger partial charge in [0, 0.05) is 0 Å². The van der Waals surface area contributed by atoms with Crippen LogP contribution in [0.1, 0.15) is 29.7 Å². The minimum Gasteiger partial charge on any atom is -0.490 e. The minimum atomic E-state index is -0.154. The molecule has 4 heteroatoms. The molecule has 124 valence electrons. The summed E-state index contributed by atoms with van der Waals surface area (Å²) in [7, 11) is 0. The molecular weight excluding hydrogens is 318 g/mol. The highest BCUT2D eigenvalue weighted by Gasteiger charge is 2.13. The fourth-order valence-electron chi connectivity index (χ4n) is 2.49. The van der Waals surface area contributed by atoms with E-state index in [1.54, 1.807) is 11.3 Å². The summed E-state index contributed by atoms with van der Waals surface area (Å²) >= 11 is 1.65. The molecule has 1 heterocycles. The zero-order chi connectivity index (χ0) is 16.8. The average Bonchev–Trinajstić information content (AvgIpc) is 3.16. The van der Waals surface area contributed by atoms with E-state index in [4.69, 9.17) is 15.2 Å². The Morgan fingerprint density at radius 1 is 0.958 bits per heavy atom. The molecule has 0 aliphatic rings. The smallest absolute Gasteiger partial charge is 0.161 e. The van der Waals surface area contributed by atoms with Gasteiger partial charge in [-0.2, -0.15) is 11.3 Å². The molecule has 0 spiro atoms. The van der Waals surface area contributed by atoms with Gasteiger partial charge in [-0.15, -0.1) is 0 Å². The summed E-state index contributed by atoms with van der Waals surface area (Å²) in [4.78, 5) is 0. The second kappa shape index (κ2) is 7.99. The molecule has 0 radical (unpaired) electrons. The summed E-state index contributed by atoms with van der Waals surface area (Å²) in [5.41, 5.74) is 9.60. The lowest BCUT2D eigenvalue weighted by molar-refractivity contribution is 0.269. The number of ether oxygens (including phenoxy) is 2. The van der Waals surface area contributed by atoms with Crippen molar-refractivity contribution in [3.8, 4) is 11.5 Å². The van der Waals surface area contributed by atoms with E-state index in [1.165, 1.54) is 0 Å². The normalized spacial score (nSPS) is 11.9. The minimum absolute atomic E-state index is 0.154. The molecule has 0 aliphatic carbocycles. The van der Waals surface area contributed by atoms with Gasteiger partial charge >= 0.3 is 0 Å². The van der Waals surface area contributed by atoms with Crippen molar-refractivity contribution in [2.45, 2.75) is 19.6 Å². The number of nitrogens with two attached hydrogens (primary N) is 1. The van der Waals surface area contributed by atoms with Gasteiger partial charge in [-0.05, 0) is 52.6 Å². The highest BCUT2D eigenvalue weighted by molar-refractivity contribution is 7.08. The van der Waals surface area contributed by atoms with Crippen molar-refractivity contribution in [1.29, 1.82) is 0 Å². The van der Waals surface area contributed by atoms with E-state index < -0.39 is 0 Å². The molecule has 0 fully saturated rings. The molecule has 0 bridgehead atoms. The van der Waals surface area contributed by atoms with Crippen LogP contribution >= 0.6 is 11.3 Å². The van der Waals surface area contributed by atoms with E-state index in [2.05, 4.69) is 11.4 Å². The van der Waals surface area contributed by atoms with Crippen LogP contribution in [0.25, 0.3) is 0 Å². The molecule has 24 heavy (non-hydrogen) atoms. The predicted octanol–water partition coefficient (Wildman–Crippen LogP) is 4.77. The second-order valence-corrected chi connectivity index (χ2v) is 6.23. The van der Waals surface area contributed by atoms with Gasteiger partial charge in [0.15, 0.2) is 11.5 Å². The Bertz CT molecular complexity index is 757. The van der Waals surface area contributed by atoms with Gasteiger partial charge in [-0.3, -0.25) is 0 Å². The zero-order valence-electron chi connectivity index (χ0n) is 13.6. The fraction of sp³-hybridized carbons (Fsp3) is 0.200. The standard InChI is InChI=1S/C20H21NO2S/c1-2-22-19-12-16(20(21)17-10-11-24-14-17)8-9-18(19)23-13-15-6-4-3-5-7-15/h3-12,14,20H,2,13,21H2,1H3/t20-/m0/s1. The van der Waals surface area contributed by atoms with Crippen LogP contribution in [-0.2, 0) is 6.61 Å². The van der Waals surface area contributed by atoms with E-state index >= 15 is 0 Å². The maximum atomic E-state index is 6.35. The molecule has 0 saturated carbocycles. The van der Waals surface area contributed by atoms with Gasteiger partial charge in [0.05, 0.1) is 12.6 Å². The predicted molar refractivity (Wildman–Crippen MR) is 98.7 cm³/mol. The maximum absolute atomic E-state index is 6.35. The van der Waals surface area contributed by atoms with Gasteiger partial charge in [0.1, 0.15) is 6.61 Å². The summed E-state index contributed by atoms with van der Waals surface area (Å²) in [6.07, 6.45) is 0. The summed E-state index contributed by atoms with van der Waals surface area (Å²) < 4.78 is 11.7. The third kappa shape index (κ3) is 3.96. The first-order valence-electron chi connectivity index (χ1n) is 7.99. The van der Waals surface area contributed by atoms with Crippen molar-refractivity contribution in [2.75, 3.05) is 6.61 Å². The summed E-state index contributed by atoms with van der Waals surface area (Å²) in [6.45, 7) is 3.06. The van der Waals surface area contributed by atoms with Gasteiger partial charge < -0.3 is 15.2 Å². The summed E-state index contributed by atoms with van der Waals surface area (Å²) in [5.74, 6) is 1.47. The van der Waals surface area contributed by atoms with Gasteiger partial charge in [0.25, 0.3) is 0 Å². The molecule has 0 amide bonds. The van der Waals surface area contributed by atoms with E-state index in [9.17, 15) is 0 Å². The molecule has 3 aromatic rings. The Hall–Kier alpha value is -2.30. The van der Waals surface area contributed by atoms with Crippen LogP contribution in [0.2, 0.25) is 0 Å². The monoisotopic (exact) mass is 339 g/mol. The molecule has 2 aromatic carbocycles. The number of rotatable bonds is 7. The van der Waals surface area contributed by atoms with Gasteiger partial charge in [0.2, 0.25) is 0 Å². The van der Waals surface area contributed by atoms with Crippen molar-refractivity contribution in [1.82, 2.24) is 0 Å². The van der Waals surface area contributed by atoms with Crippen molar-refractivity contribution in [2.24, 2.45) is 5.73 Å². The Morgan fingerprint density at radius 2 is 1.79 bits per heavy atom. The van der Waals surface area contributed by atoms with Gasteiger partial charge in [-0.25, -0.2) is 0 Å². The second-order valence-electron chi connectivity index (χ2n) is 5.45. The number of hydrogen-bond donors (Lipinski definition) is 1. The Balaban J connectivity index is 1.79. The number of thiophene rings is 1. The van der Waals surface area contributed by atoms with E-state index in [1.807, 2.05) is 60.8 Å². The highest BCUT2D eigenvalue weighted by atomic mass is 32.1. The Kier molecular flexibility index (Phi) is 5.51. The first-order chi connectivity index (χ1) is 11.8. The Labute approximate surface area is 146 Å². The number of benzene rings is 2. The van der Waals surface area contributed by atoms with E-state index in [0.29, 0.717) is 13.2 Å². The van der Waals surface area contributed by atoms with Crippen LogP contribution in [0.4, 0.5) is 0 Å². The van der Waals surface area contributed by atoms with Crippen LogP contribution in [-0.4, -0.2) is 6.61 Å². The highest BCUT2D eigenvalue weighted by Crippen LogP contribution is 2.33. The lowest BCUT2D eigenvalue weighted by atomic mass is 10.0. The molecule has 3 nitrogen and oxygen atoms in total. The SMILES string of the molecule is CCOc1cc([C@H](N)c2ccsc2)ccc1OCc1ccccc1. The number of hydrogen-bond acceptors (Lipinski definition) is 4. The van der Waals surface area contributed by atoms with Crippen molar-refractivity contribution in [3.05, 3.63) is 82.0 Å². The van der Waals surface area contributed by atoms with Crippen molar-refractivity contribution < 1.29 is 9.47 Å². The molecule has 1 aromatic heterocycles. The maximum Gasteiger partial charge on any atom is 0.161 e. The quantitative estimate of drug-likeness (QED) is 0.674. The first kappa shape index (κ1) is 16.6. The molecule has 0 saturated heterocycles. The fourth-order valence-corrected chi connectivity index (χ4v) is 3.18. The van der Waals surface area contributed by atoms with Crippen LogP contribution in [0.3, 0.4) is 0 Å². The molecule has 1 atom stereocenters. The first-order valence-corrected chi connectivity index (χ1v) is 8.93. The molecule has 0 aliphatic heterocycles. The average molecular weight is 339 g/mol. The third-order valence-corrected chi connectivity index (χ3v) is 4.47. The molecule has 0 unspecified atom stereocenters. The van der Waals surface area contributed by atoms with Crippen LogP contribution in [0.5, 0.6) is 11.5 Å². The molecule has 2 N–H and O–H groups in total. The van der Waals surface area contributed by atoms with E-state index in [0.717, 1.165) is 28.2 Å². The summed E-state index contributed by atoms with van der Waals surface area (Å²) in [6, 6.07) is 17.9. The van der Waals surface area contributed by atoms with Crippen LogP contribution in [0.15, 0.2) is 65.4 Å². The van der Waals surface area contributed by atoms with Crippen molar-refractivity contribution >= 4 is 11.3 Å². The molecular formula is C20H21NO2S. The molecule has 3 rings (SSSR count). The summed E-state index contributed by atoms with van der Waals surface area (Å²) in [5, 5.41) is 4.11. The topological polar surface area (TPSA) is 44.5 Å². The lowest BCUT2D eigenvalue weighted by Crippen LogP contribution is -2.11. The van der Waals surface area contributed by atoms with Crippen LogP contribution in [0, 0.1) is 0 Å². The zero-order valence-corrected chi connectivity index (χ0v) is 14.5. The third-order valence-electron chi connectivity index (χ3n) is 3.77. The van der Waals surface area contributed by atoms with E-state index in [-0.39, 0.29) is 6.04 Å². The lowest BCUT2D eigenvalue weighted by Gasteiger charge is -2.16. The Morgan fingerprint density at radius 3 is 2.50 bits per heavy atom. The van der Waals surface area contributed by atoms with Crippen molar-refractivity contribution in [3.63, 3.8) is 0 Å². The van der Waals surface area contributed by atoms with Crippen LogP contribution < -0.4 is 15.2 Å². The largest absolute Gasteiger partial charge is 0.490 e.